The number of imidazole rings is 1. The normalized spacial score (nSPS) is 18.2. The van der Waals surface area contributed by atoms with Gasteiger partial charge in [-0.25, -0.2) is 13.4 Å². The Labute approximate surface area is 181 Å². The monoisotopic (exact) mass is 432 g/mol. The third-order valence-electron chi connectivity index (χ3n) is 6.13. The molecule has 166 valence electrons. The molecule has 0 aliphatic carbocycles. The largest absolute Gasteiger partial charge is 0.318 e. The molecule has 0 radical (unpaired) electrons. The van der Waals surface area contributed by atoms with Crippen LogP contribution in [0.5, 0.6) is 0 Å². The third kappa shape index (κ3) is 5.93. The number of sulfone groups is 1. The first-order valence-electron chi connectivity index (χ1n) is 11.1. The molecule has 1 aromatic carbocycles. The van der Waals surface area contributed by atoms with Crippen molar-refractivity contribution in [3.8, 4) is 0 Å². The molecule has 7 heteroatoms. The van der Waals surface area contributed by atoms with Gasteiger partial charge in [0.25, 0.3) is 0 Å². The molecular formula is C23H36N4O2S. The van der Waals surface area contributed by atoms with Crippen molar-refractivity contribution in [3.63, 3.8) is 0 Å². The van der Waals surface area contributed by atoms with E-state index in [0.29, 0.717) is 19.1 Å². The van der Waals surface area contributed by atoms with Crippen molar-refractivity contribution in [1.82, 2.24) is 19.4 Å². The van der Waals surface area contributed by atoms with E-state index in [0.717, 1.165) is 31.6 Å². The molecule has 30 heavy (non-hydrogen) atoms. The molecule has 0 unspecified atom stereocenters. The first kappa shape index (κ1) is 23.0. The summed E-state index contributed by atoms with van der Waals surface area (Å²) in [5.41, 5.74) is 2.26. The number of aromatic nitrogens is 2. The van der Waals surface area contributed by atoms with Gasteiger partial charge in [-0.15, -0.1) is 0 Å². The highest BCUT2D eigenvalue weighted by molar-refractivity contribution is 7.91. The lowest BCUT2D eigenvalue weighted by molar-refractivity contribution is 0.137. The van der Waals surface area contributed by atoms with Crippen molar-refractivity contribution in [1.29, 1.82) is 0 Å². The topological polar surface area (TPSA) is 58.4 Å². The molecule has 1 atom stereocenters. The number of benzene rings is 1. The van der Waals surface area contributed by atoms with Crippen LogP contribution in [0.3, 0.4) is 0 Å². The van der Waals surface area contributed by atoms with Crippen LogP contribution >= 0.6 is 0 Å². The van der Waals surface area contributed by atoms with Crippen LogP contribution in [0.1, 0.15) is 43.9 Å². The number of likely N-dealkylation sites (tertiary alicyclic amines) is 1. The van der Waals surface area contributed by atoms with E-state index in [4.69, 9.17) is 0 Å². The first-order valence-corrected chi connectivity index (χ1v) is 12.8. The van der Waals surface area contributed by atoms with E-state index in [1.807, 2.05) is 22.8 Å². The summed E-state index contributed by atoms with van der Waals surface area (Å²) in [6, 6.07) is 10.9. The SMILES string of the molecule is CCS(=O)(=O)c1ncc(CN(C)C[C@@H]2CCCCN2C)n1CCCc1ccccc1. The van der Waals surface area contributed by atoms with Crippen molar-refractivity contribution in [2.75, 3.05) is 32.9 Å². The number of likely N-dealkylation sites (N-methyl/N-ethyl adjacent to an activating group) is 2. The van der Waals surface area contributed by atoms with Gasteiger partial charge in [-0.3, -0.25) is 4.90 Å². The second-order valence-corrected chi connectivity index (χ2v) is 10.7. The van der Waals surface area contributed by atoms with E-state index in [1.165, 1.54) is 24.8 Å². The van der Waals surface area contributed by atoms with Gasteiger partial charge in [0.15, 0.2) is 0 Å². The summed E-state index contributed by atoms with van der Waals surface area (Å²) in [6.45, 7) is 5.21. The summed E-state index contributed by atoms with van der Waals surface area (Å²) in [7, 11) is 0.979. The van der Waals surface area contributed by atoms with Crippen molar-refractivity contribution < 1.29 is 8.42 Å². The number of hydrogen-bond acceptors (Lipinski definition) is 5. The van der Waals surface area contributed by atoms with Crippen LogP contribution in [0.4, 0.5) is 0 Å². The van der Waals surface area contributed by atoms with Gasteiger partial charge >= 0.3 is 0 Å². The number of piperidine rings is 1. The maximum Gasteiger partial charge on any atom is 0.227 e. The fourth-order valence-corrected chi connectivity index (χ4v) is 5.31. The highest BCUT2D eigenvalue weighted by Gasteiger charge is 2.24. The maximum absolute atomic E-state index is 12.6. The van der Waals surface area contributed by atoms with E-state index in [1.54, 1.807) is 13.1 Å². The standard InChI is InChI=1S/C23H36N4O2S/c1-4-30(28,29)23-24-17-22(19-25(2)18-21-14-8-9-15-26(21)3)27(23)16-10-13-20-11-6-5-7-12-20/h5-7,11-12,17,21H,4,8-10,13-16,18-19H2,1-3H3/t21-/m0/s1. The van der Waals surface area contributed by atoms with Gasteiger partial charge in [-0.2, -0.15) is 0 Å². The smallest absolute Gasteiger partial charge is 0.227 e. The van der Waals surface area contributed by atoms with E-state index in [-0.39, 0.29) is 10.9 Å². The fourth-order valence-electron chi connectivity index (χ4n) is 4.30. The van der Waals surface area contributed by atoms with Gasteiger partial charge in [0.05, 0.1) is 17.6 Å². The third-order valence-corrected chi connectivity index (χ3v) is 7.77. The van der Waals surface area contributed by atoms with E-state index >= 15 is 0 Å². The molecule has 1 fully saturated rings. The summed E-state index contributed by atoms with van der Waals surface area (Å²) >= 11 is 0. The number of aryl methyl sites for hydroxylation is 1. The molecule has 3 rings (SSSR count). The van der Waals surface area contributed by atoms with Crippen LogP contribution in [0.25, 0.3) is 0 Å². The van der Waals surface area contributed by atoms with Gasteiger partial charge in [-0.1, -0.05) is 43.7 Å². The summed E-state index contributed by atoms with van der Waals surface area (Å²) in [6.07, 6.45) is 7.36. The zero-order chi connectivity index (χ0) is 21.6. The van der Waals surface area contributed by atoms with Crippen molar-refractivity contribution in [3.05, 3.63) is 47.8 Å². The summed E-state index contributed by atoms with van der Waals surface area (Å²) < 4.78 is 27.2. The van der Waals surface area contributed by atoms with Crippen molar-refractivity contribution in [2.24, 2.45) is 0 Å². The molecule has 0 amide bonds. The van der Waals surface area contributed by atoms with Gasteiger partial charge in [0.2, 0.25) is 15.0 Å². The van der Waals surface area contributed by atoms with Crippen LogP contribution in [0.2, 0.25) is 0 Å². The van der Waals surface area contributed by atoms with E-state index < -0.39 is 9.84 Å². The molecule has 1 saturated heterocycles. The summed E-state index contributed by atoms with van der Waals surface area (Å²) in [5, 5.41) is 0.219. The summed E-state index contributed by atoms with van der Waals surface area (Å²) in [5.74, 6) is 0.0743. The molecule has 2 heterocycles. The minimum Gasteiger partial charge on any atom is -0.318 e. The minimum atomic E-state index is -3.35. The van der Waals surface area contributed by atoms with Gasteiger partial charge in [-0.05, 0) is 51.9 Å². The quantitative estimate of drug-likeness (QED) is 0.577. The average molecular weight is 433 g/mol. The first-order chi connectivity index (χ1) is 14.4. The highest BCUT2D eigenvalue weighted by Crippen LogP contribution is 2.19. The number of nitrogens with zero attached hydrogens (tertiary/aromatic N) is 4. The average Bonchev–Trinajstić information content (AvgIpc) is 3.13. The zero-order valence-electron chi connectivity index (χ0n) is 18.6. The number of hydrogen-bond donors (Lipinski definition) is 0. The lowest BCUT2D eigenvalue weighted by Gasteiger charge is -2.35. The second-order valence-electron chi connectivity index (χ2n) is 8.50. The van der Waals surface area contributed by atoms with Crippen molar-refractivity contribution >= 4 is 9.84 Å². The molecule has 1 aliphatic heterocycles. The Morgan fingerprint density at radius 3 is 2.67 bits per heavy atom. The Hall–Kier alpha value is -1.70. The maximum atomic E-state index is 12.6. The van der Waals surface area contributed by atoms with Crippen LogP contribution in [-0.2, 0) is 29.3 Å². The van der Waals surface area contributed by atoms with Gasteiger partial charge < -0.3 is 9.47 Å². The Kier molecular flexibility index (Phi) is 8.08. The van der Waals surface area contributed by atoms with Crippen LogP contribution < -0.4 is 0 Å². The Bertz CT molecular complexity index is 895. The Balaban J connectivity index is 1.71. The molecule has 0 bridgehead atoms. The molecule has 0 saturated carbocycles. The predicted molar refractivity (Wildman–Crippen MR) is 121 cm³/mol. The molecule has 1 aliphatic rings. The van der Waals surface area contributed by atoms with Crippen molar-refractivity contribution in [2.45, 2.75) is 63.3 Å². The van der Waals surface area contributed by atoms with Crippen LogP contribution in [-0.4, -0.2) is 66.7 Å². The van der Waals surface area contributed by atoms with E-state index in [2.05, 4.69) is 41.0 Å². The van der Waals surface area contributed by atoms with Gasteiger partial charge in [0, 0.05) is 25.7 Å². The minimum absolute atomic E-state index is 0.0743. The second kappa shape index (κ2) is 10.6. The highest BCUT2D eigenvalue weighted by atomic mass is 32.2. The van der Waals surface area contributed by atoms with Crippen LogP contribution in [0.15, 0.2) is 41.7 Å². The Morgan fingerprint density at radius 2 is 1.97 bits per heavy atom. The molecular weight excluding hydrogens is 396 g/mol. The molecule has 2 aromatic rings. The lowest BCUT2D eigenvalue weighted by Crippen LogP contribution is -2.43. The van der Waals surface area contributed by atoms with Gasteiger partial charge in [0.1, 0.15) is 0 Å². The van der Waals surface area contributed by atoms with Crippen LogP contribution in [0, 0.1) is 0 Å². The molecule has 6 nitrogen and oxygen atoms in total. The summed E-state index contributed by atoms with van der Waals surface area (Å²) in [4.78, 5) is 9.09. The molecule has 0 spiro atoms. The molecule has 1 aromatic heterocycles. The number of rotatable bonds is 10. The zero-order valence-corrected chi connectivity index (χ0v) is 19.4. The van der Waals surface area contributed by atoms with E-state index in [9.17, 15) is 8.42 Å². The molecule has 0 N–H and O–H groups in total. The predicted octanol–water partition coefficient (Wildman–Crippen LogP) is 3.23. The lowest BCUT2D eigenvalue weighted by atomic mass is 10.0. The Morgan fingerprint density at radius 1 is 1.20 bits per heavy atom. The fraction of sp³-hybridized carbons (Fsp3) is 0.609.